The molecule has 1 atom stereocenters. The quantitative estimate of drug-likeness (QED) is 0.798. The van der Waals surface area contributed by atoms with Gasteiger partial charge in [-0.25, -0.2) is 0 Å². The largest absolute Gasteiger partial charge is 0.497 e. The van der Waals surface area contributed by atoms with E-state index in [1.54, 1.807) is 17.7 Å². The van der Waals surface area contributed by atoms with E-state index in [9.17, 15) is 4.79 Å². The van der Waals surface area contributed by atoms with Crippen LogP contribution < -0.4 is 16.0 Å². The molecule has 0 spiro atoms. The molecule has 2 aromatic carbocycles. The summed E-state index contributed by atoms with van der Waals surface area (Å²) in [4.78, 5) is 13.0. The van der Waals surface area contributed by atoms with Crippen molar-refractivity contribution in [2.75, 3.05) is 7.11 Å². The van der Waals surface area contributed by atoms with E-state index in [2.05, 4.69) is 0 Å². The Labute approximate surface area is 139 Å². The summed E-state index contributed by atoms with van der Waals surface area (Å²) in [5, 5.41) is 1.72. The summed E-state index contributed by atoms with van der Waals surface area (Å²) in [5.74, 6) is 0.725. The lowest BCUT2D eigenvalue weighted by Gasteiger charge is -2.17. The lowest BCUT2D eigenvalue weighted by atomic mass is 10.1. The molecule has 3 rings (SSSR count). The van der Waals surface area contributed by atoms with Crippen LogP contribution >= 0.6 is 11.6 Å². The van der Waals surface area contributed by atoms with Crippen LogP contribution in [0.3, 0.4) is 0 Å². The van der Waals surface area contributed by atoms with Crippen LogP contribution in [-0.4, -0.2) is 11.7 Å². The normalized spacial score (nSPS) is 12.3. The highest BCUT2D eigenvalue weighted by molar-refractivity contribution is 6.35. The molecule has 0 saturated heterocycles. The van der Waals surface area contributed by atoms with Gasteiger partial charge in [-0.3, -0.25) is 9.36 Å². The first-order valence-electron chi connectivity index (χ1n) is 7.27. The predicted octanol–water partition coefficient (Wildman–Crippen LogP) is 3.67. The van der Waals surface area contributed by atoms with E-state index in [4.69, 9.17) is 22.1 Å². The van der Waals surface area contributed by atoms with Crippen molar-refractivity contribution in [2.24, 2.45) is 5.73 Å². The van der Waals surface area contributed by atoms with Crippen molar-refractivity contribution in [3.05, 3.63) is 69.6 Å². The Bertz CT molecular complexity index is 915. The van der Waals surface area contributed by atoms with Crippen LogP contribution in [0, 0.1) is 0 Å². The third-order valence-electron chi connectivity index (χ3n) is 3.82. The van der Waals surface area contributed by atoms with Crippen LogP contribution in [-0.2, 0) is 0 Å². The molecule has 118 valence electrons. The maximum Gasteiger partial charge on any atom is 0.264 e. The van der Waals surface area contributed by atoms with Gasteiger partial charge in [-0.2, -0.15) is 0 Å². The Morgan fingerprint density at radius 2 is 1.87 bits per heavy atom. The Morgan fingerprint density at radius 1 is 1.17 bits per heavy atom. The molecule has 0 unspecified atom stereocenters. The fraction of sp³-hybridized carbons (Fsp3) is 0.167. The third-order valence-corrected chi connectivity index (χ3v) is 4.14. The van der Waals surface area contributed by atoms with Crippen LogP contribution in [0.2, 0.25) is 5.02 Å². The van der Waals surface area contributed by atoms with E-state index >= 15 is 0 Å². The summed E-state index contributed by atoms with van der Waals surface area (Å²) in [5.41, 5.74) is 7.37. The average Bonchev–Trinajstić information content (AvgIpc) is 2.54. The summed E-state index contributed by atoms with van der Waals surface area (Å²) in [6.07, 6.45) is 0. The lowest BCUT2D eigenvalue weighted by molar-refractivity contribution is 0.414. The van der Waals surface area contributed by atoms with Crippen LogP contribution in [0.1, 0.15) is 18.7 Å². The molecule has 0 bridgehead atoms. The minimum Gasteiger partial charge on any atom is -0.497 e. The first-order chi connectivity index (χ1) is 11.0. The first kappa shape index (κ1) is 15.6. The predicted molar refractivity (Wildman–Crippen MR) is 93.7 cm³/mol. The number of benzene rings is 2. The maximum absolute atomic E-state index is 13.0. The summed E-state index contributed by atoms with van der Waals surface area (Å²) >= 11 is 6.24. The van der Waals surface area contributed by atoms with Gasteiger partial charge in [-0.1, -0.05) is 23.7 Å². The number of halogens is 1. The summed E-state index contributed by atoms with van der Waals surface area (Å²) in [7, 11) is 1.60. The third kappa shape index (κ3) is 2.71. The van der Waals surface area contributed by atoms with Gasteiger partial charge < -0.3 is 10.5 Å². The molecule has 0 amide bonds. The van der Waals surface area contributed by atoms with Gasteiger partial charge in [0.05, 0.1) is 17.5 Å². The van der Waals surface area contributed by atoms with E-state index < -0.39 is 0 Å². The Morgan fingerprint density at radius 3 is 2.48 bits per heavy atom. The highest BCUT2D eigenvalue weighted by atomic mass is 35.5. The molecule has 2 N–H and O–H groups in total. The first-order valence-corrected chi connectivity index (χ1v) is 7.65. The van der Waals surface area contributed by atoms with Crippen molar-refractivity contribution in [3.8, 4) is 11.4 Å². The van der Waals surface area contributed by atoms with Gasteiger partial charge in [0.15, 0.2) is 0 Å². The molecule has 0 aliphatic heterocycles. The Balaban J connectivity index is 2.37. The second-order valence-corrected chi connectivity index (χ2v) is 5.81. The molecule has 1 aromatic heterocycles. The smallest absolute Gasteiger partial charge is 0.264 e. The van der Waals surface area contributed by atoms with Gasteiger partial charge in [0.2, 0.25) is 0 Å². The number of nitrogens with two attached hydrogens (primary N) is 1. The fourth-order valence-corrected chi connectivity index (χ4v) is 2.94. The molecular formula is C18H17ClN2O2. The molecule has 0 aliphatic carbocycles. The molecule has 3 aromatic rings. The number of ether oxygens (including phenoxy) is 1. The number of rotatable bonds is 3. The molecule has 0 saturated carbocycles. The van der Waals surface area contributed by atoms with E-state index in [1.165, 1.54) is 0 Å². The number of pyridine rings is 1. The molecule has 4 nitrogen and oxygen atoms in total. The number of methoxy groups -OCH3 is 1. The highest BCUT2D eigenvalue weighted by Crippen LogP contribution is 2.25. The molecule has 0 radical (unpaired) electrons. The van der Waals surface area contributed by atoms with E-state index in [0.717, 1.165) is 22.5 Å². The van der Waals surface area contributed by atoms with Gasteiger partial charge in [-0.15, -0.1) is 0 Å². The Kier molecular flexibility index (Phi) is 4.11. The minimum atomic E-state index is -0.298. The van der Waals surface area contributed by atoms with Gasteiger partial charge in [0, 0.05) is 17.4 Å². The van der Waals surface area contributed by atoms with E-state index in [1.807, 2.05) is 49.4 Å². The molecule has 5 heteroatoms. The maximum atomic E-state index is 13.0. The topological polar surface area (TPSA) is 57.2 Å². The molecule has 0 aliphatic rings. The number of nitrogens with zero attached hydrogens (tertiary/aromatic N) is 1. The van der Waals surface area contributed by atoms with Crippen molar-refractivity contribution in [1.82, 2.24) is 4.57 Å². The van der Waals surface area contributed by atoms with Gasteiger partial charge in [-0.05, 0) is 48.7 Å². The van der Waals surface area contributed by atoms with Crippen molar-refractivity contribution < 1.29 is 4.74 Å². The fourth-order valence-electron chi connectivity index (χ4n) is 2.67. The zero-order valence-corrected chi connectivity index (χ0v) is 13.7. The number of aromatic nitrogens is 1. The van der Waals surface area contributed by atoms with Crippen molar-refractivity contribution in [1.29, 1.82) is 0 Å². The van der Waals surface area contributed by atoms with Crippen molar-refractivity contribution in [3.63, 3.8) is 0 Å². The molecule has 1 heterocycles. The van der Waals surface area contributed by atoms with Crippen LogP contribution in [0.5, 0.6) is 5.75 Å². The van der Waals surface area contributed by atoms with Gasteiger partial charge >= 0.3 is 0 Å². The van der Waals surface area contributed by atoms with E-state index in [-0.39, 0.29) is 11.6 Å². The second-order valence-electron chi connectivity index (χ2n) is 5.40. The SMILES string of the molecule is COc1ccc(-n2c([C@H](C)N)cc3cccc(Cl)c3c2=O)cc1. The number of fused-ring (bicyclic) bond motifs is 1. The lowest BCUT2D eigenvalue weighted by Crippen LogP contribution is -2.25. The number of hydrogen-bond acceptors (Lipinski definition) is 3. The van der Waals surface area contributed by atoms with Gasteiger partial charge in [0.1, 0.15) is 5.75 Å². The summed E-state index contributed by atoms with van der Waals surface area (Å²) < 4.78 is 6.78. The van der Waals surface area contributed by atoms with E-state index in [0.29, 0.717) is 10.4 Å². The molecule has 23 heavy (non-hydrogen) atoms. The summed E-state index contributed by atoms with van der Waals surface area (Å²) in [6.45, 7) is 1.85. The number of hydrogen-bond donors (Lipinski definition) is 1. The van der Waals surface area contributed by atoms with Crippen molar-refractivity contribution in [2.45, 2.75) is 13.0 Å². The minimum absolute atomic E-state index is 0.175. The molecular weight excluding hydrogens is 312 g/mol. The standard InChI is InChI=1S/C18H17ClN2O2/c1-11(20)16-10-12-4-3-5-15(19)17(12)18(22)21(16)13-6-8-14(23-2)9-7-13/h3-11H,20H2,1-2H3/t11-/m0/s1. The monoisotopic (exact) mass is 328 g/mol. The van der Waals surface area contributed by atoms with Crippen LogP contribution in [0.4, 0.5) is 0 Å². The summed E-state index contributed by atoms with van der Waals surface area (Å²) in [6, 6.07) is 14.3. The van der Waals surface area contributed by atoms with Crippen LogP contribution in [0.15, 0.2) is 53.3 Å². The highest BCUT2D eigenvalue weighted by Gasteiger charge is 2.15. The zero-order valence-electron chi connectivity index (χ0n) is 12.9. The van der Waals surface area contributed by atoms with Gasteiger partial charge in [0.25, 0.3) is 5.56 Å². The van der Waals surface area contributed by atoms with Crippen LogP contribution in [0.25, 0.3) is 16.5 Å². The molecule has 0 fully saturated rings. The van der Waals surface area contributed by atoms with Crippen molar-refractivity contribution >= 4 is 22.4 Å². The second kappa shape index (κ2) is 6.07. The Hall–Kier alpha value is -2.30. The average molecular weight is 329 g/mol. The zero-order chi connectivity index (χ0) is 16.6.